The summed E-state index contributed by atoms with van der Waals surface area (Å²) in [5.74, 6) is 4.65. The molecule has 0 aromatic carbocycles. The molecule has 0 fully saturated rings. The maximum atomic E-state index is 11.6. The van der Waals surface area contributed by atoms with Crippen molar-refractivity contribution in [2.45, 2.75) is 32.7 Å². The van der Waals surface area contributed by atoms with Gasteiger partial charge in [-0.05, 0) is 19.8 Å². The Morgan fingerprint density at radius 3 is 2.79 bits per heavy atom. The second-order valence-corrected chi connectivity index (χ2v) is 4.16. The summed E-state index contributed by atoms with van der Waals surface area (Å²) in [6, 6.07) is 1.24. The van der Waals surface area contributed by atoms with E-state index in [2.05, 4.69) is 0 Å². The second-order valence-electron chi connectivity index (χ2n) is 4.16. The zero-order valence-corrected chi connectivity index (χ0v) is 10.6. The summed E-state index contributed by atoms with van der Waals surface area (Å²) >= 11 is 0. The highest BCUT2D eigenvalue weighted by molar-refractivity contribution is 5.75. The fourth-order valence-electron chi connectivity index (χ4n) is 1.66. The SMILES string of the molecule is Cc1cc(=O)n(CCCCC(=O)NN)cc1[N+](=O)[O-]. The quantitative estimate of drug-likeness (QED) is 0.251. The van der Waals surface area contributed by atoms with E-state index in [1.807, 2.05) is 5.43 Å². The first-order valence-electron chi connectivity index (χ1n) is 5.80. The average molecular weight is 268 g/mol. The van der Waals surface area contributed by atoms with E-state index in [-0.39, 0.29) is 23.6 Å². The van der Waals surface area contributed by atoms with E-state index in [1.54, 1.807) is 0 Å². The Morgan fingerprint density at radius 1 is 1.53 bits per heavy atom. The molecule has 8 heteroatoms. The van der Waals surface area contributed by atoms with Crippen molar-refractivity contribution in [3.05, 3.63) is 38.3 Å². The van der Waals surface area contributed by atoms with Crippen LogP contribution in [0.15, 0.2) is 17.1 Å². The van der Waals surface area contributed by atoms with Gasteiger partial charge in [-0.1, -0.05) is 0 Å². The number of hydrogen-bond donors (Lipinski definition) is 2. The first-order valence-corrected chi connectivity index (χ1v) is 5.80. The molecule has 0 aliphatic rings. The maximum absolute atomic E-state index is 11.6. The normalized spacial score (nSPS) is 10.2. The molecule has 0 saturated carbocycles. The molecule has 0 atom stereocenters. The number of amides is 1. The molecule has 0 aliphatic heterocycles. The van der Waals surface area contributed by atoms with Crippen LogP contribution in [0.5, 0.6) is 0 Å². The Morgan fingerprint density at radius 2 is 2.21 bits per heavy atom. The van der Waals surface area contributed by atoms with Crippen molar-refractivity contribution >= 4 is 11.6 Å². The minimum absolute atomic E-state index is 0.0840. The predicted octanol–water partition coefficient (Wildman–Crippen LogP) is 0.225. The molecular weight excluding hydrogens is 252 g/mol. The molecule has 0 spiro atoms. The summed E-state index contributed by atoms with van der Waals surface area (Å²) in [6.45, 7) is 1.85. The number of hydrazine groups is 1. The van der Waals surface area contributed by atoms with Gasteiger partial charge in [-0.15, -0.1) is 0 Å². The number of aromatic nitrogens is 1. The minimum Gasteiger partial charge on any atom is -0.309 e. The Kier molecular flexibility index (Phi) is 5.19. The van der Waals surface area contributed by atoms with Crippen molar-refractivity contribution in [2.24, 2.45) is 5.84 Å². The molecule has 1 amide bonds. The van der Waals surface area contributed by atoms with E-state index < -0.39 is 4.92 Å². The highest BCUT2D eigenvalue weighted by atomic mass is 16.6. The van der Waals surface area contributed by atoms with E-state index in [0.29, 0.717) is 24.9 Å². The summed E-state index contributed by atoms with van der Waals surface area (Å²) in [5.41, 5.74) is 1.98. The van der Waals surface area contributed by atoms with Crippen molar-refractivity contribution in [2.75, 3.05) is 0 Å². The monoisotopic (exact) mass is 268 g/mol. The van der Waals surface area contributed by atoms with E-state index in [0.717, 1.165) is 0 Å². The summed E-state index contributed by atoms with van der Waals surface area (Å²) < 4.78 is 1.28. The minimum atomic E-state index is -0.521. The van der Waals surface area contributed by atoms with Gasteiger partial charge in [0.1, 0.15) is 0 Å². The van der Waals surface area contributed by atoms with Crippen LogP contribution in [0.25, 0.3) is 0 Å². The first-order chi connectivity index (χ1) is 8.95. The second kappa shape index (κ2) is 6.64. The van der Waals surface area contributed by atoms with Crippen molar-refractivity contribution in [1.29, 1.82) is 0 Å². The molecule has 0 unspecified atom stereocenters. The van der Waals surface area contributed by atoms with Gasteiger partial charge >= 0.3 is 0 Å². The molecular formula is C11H16N4O4. The topological polar surface area (TPSA) is 120 Å². The molecule has 8 nitrogen and oxygen atoms in total. The standard InChI is InChI=1S/C11H16N4O4/c1-8-6-11(17)14(7-9(8)15(18)19)5-3-2-4-10(16)13-12/h6-7H,2-5,12H2,1H3,(H,13,16). The molecule has 0 bridgehead atoms. The van der Waals surface area contributed by atoms with Gasteiger partial charge < -0.3 is 4.57 Å². The van der Waals surface area contributed by atoms with Crippen LogP contribution in [0.4, 0.5) is 5.69 Å². The molecule has 1 aromatic heterocycles. The largest absolute Gasteiger partial charge is 0.309 e. The Labute approximate surface area is 109 Å². The number of carbonyl (C=O) groups excluding carboxylic acids is 1. The number of rotatable bonds is 6. The number of nitrogens with one attached hydrogen (secondary N) is 1. The van der Waals surface area contributed by atoms with Gasteiger partial charge in [0.25, 0.3) is 11.2 Å². The van der Waals surface area contributed by atoms with Crippen molar-refractivity contribution in [3.8, 4) is 0 Å². The lowest BCUT2D eigenvalue weighted by atomic mass is 10.2. The number of aryl methyl sites for hydroxylation is 2. The fourth-order valence-corrected chi connectivity index (χ4v) is 1.66. The Balaban J connectivity index is 2.68. The van der Waals surface area contributed by atoms with Crippen LogP contribution in [-0.2, 0) is 11.3 Å². The highest BCUT2D eigenvalue weighted by Gasteiger charge is 2.12. The van der Waals surface area contributed by atoms with E-state index in [9.17, 15) is 19.7 Å². The summed E-state index contributed by atoms with van der Waals surface area (Å²) in [6.07, 6.45) is 2.62. The van der Waals surface area contributed by atoms with Crippen molar-refractivity contribution in [1.82, 2.24) is 9.99 Å². The lowest BCUT2D eigenvalue weighted by Crippen LogP contribution is -2.29. The van der Waals surface area contributed by atoms with E-state index in [4.69, 9.17) is 5.84 Å². The van der Waals surface area contributed by atoms with E-state index in [1.165, 1.54) is 23.8 Å². The number of carbonyl (C=O) groups is 1. The van der Waals surface area contributed by atoms with Crippen LogP contribution in [0.3, 0.4) is 0 Å². The average Bonchev–Trinajstić information content (AvgIpc) is 2.35. The summed E-state index contributed by atoms with van der Waals surface area (Å²) in [4.78, 5) is 32.8. The number of nitrogens with zero attached hydrogens (tertiary/aromatic N) is 2. The summed E-state index contributed by atoms with van der Waals surface area (Å²) in [5, 5.41) is 10.8. The fraction of sp³-hybridized carbons (Fsp3) is 0.455. The van der Waals surface area contributed by atoms with Gasteiger partial charge in [-0.3, -0.25) is 25.1 Å². The third-order valence-corrected chi connectivity index (χ3v) is 2.72. The molecule has 0 saturated heterocycles. The molecule has 0 radical (unpaired) electrons. The summed E-state index contributed by atoms with van der Waals surface area (Å²) in [7, 11) is 0. The molecule has 1 aromatic rings. The van der Waals surface area contributed by atoms with E-state index >= 15 is 0 Å². The Hall–Kier alpha value is -2.22. The van der Waals surface area contributed by atoms with Gasteiger partial charge in [0, 0.05) is 24.6 Å². The van der Waals surface area contributed by atoms with Crippen molar-refractivity contribution < 1.29 is 9.72 Å². The first kappa shape index (κ1) is 14.8. The van der Waals surface area contributed by atoms with Gasteiger partial charge in [-0.2, -0.15) is 0 Å². The number of nitrogens with two attached hydrogens (primary N) is 1. The number of unbranched alkanes of at least 4 members (excludes halogenated alkanes) is 1. The number of pyridine rings is 1. The van der Waals surface area contributed by atoms with Crippen LogP contribution in [0.1, 0.15) is 24.8 Å². The predicted molar refractivity (Wildman–Crippen MR) is 68.3 cm³/mol. The van der Waals surface area contributed by atoms with Gasteiger partial charge in [0.15, 0.2) is 0 Å². The van der Waals surface area contributed by atoms with Crippen LogP contribution >= 0.6 is 0 Å². The zero-order valence-electron chi connectivity index (χ0n) is 10.6. The Bertz CT molecular complexity index is 538. The van der Waals surface area contributed by atoms with Gasteiger partial charge in [0.2, 0.25) is 5.91 Å². The van der Waals surface area contributed by atoms with Gasteiger partial charge in [0.05, 0.1) is 11.1 Å². The molecule has 0 aliphatic carbocycles. The maximum Gasteiger partial charge on any atom is 0.288 e. The molecule has 19 heavy (non-hydrogen) atoms. The number of hydrogen-bond acceptors (Lipinski definition) is 5. The van der Waals surface area contributed by atoms with Crippen LogP contribution in [0, 0.1) is 17.0 Å². The third-order valence-electron chi connectivity index (χ3n) is 2.72. The zero-order chi connectivity index (χ0) is 14.4. The molecule has 1 heterocycles. The third kappa shape index (κ3) is 4.18. The highest BCUT2D eigenvalue weighted by Crippen LogP contribution is 2.14. The molecule has 1 rings (SSSR count). The lowest BCUT2D eigenvalue weighted by Gasteiger charge is -2.06. The lowest BCUT2D eigenvalue weighted by molar-refractivity contribution is -0.385. The smallest absolute Gasteiger partial charge is 0.288 e. The molecule has 104 valence electrons. The van der Waals surface area contributed by atoms with Gasteiger partial charge in [-0.25, -0.2) is 5.84 Å². The van der Waals surface area contributed by atoms with Crippen LogP contribution < -0.4 is 16.8 Å². The van der Waals surface area contributed by atoms with Crippen LogP contribution in [0.2, 0.25) is 0 Å². The molecule has 3 N–H and O–H groups in total. The van der Waals surface area contributed by atoms with Crippen LogP contribution in [-0.4, -0.2) is 15.4 Å². The van der Waals surface area contributed by atoms with Crippen molar-refractivity contribution in [3.63, 3.8) is 0 Å². The number of nitro groups is 1.